The zero-order valence-electron chi connectivity index (χ0n) is 15.2. The molecule has 1 N–H and O–H groups in total. The number of halogens is 2. The fourth-order valence-electron chi connectivity index (χ4n) is 2.78. The smallest absolute Gasteiger partial charge is 0.271 e. The highest BCUT2D eigenvalue weighted by Gasteiger charge is 2.11. The van der Waals surface area contributed by atoms with Crippen molar-refractivity contribution >= 4 is 29.1 Å². The number of amides is 1. The van der Waals surface area contributed by atoms with Crippen molar-refractivity contribution in [1.82, 2.24) is 19.9 Å². The highest BCUT2D eigenvalue weighted by Crippen LogP contribution is 2.29. The van der Waals surface area contributed by atoms with E-state index in [9.17, 15) is 4.79 Å². The lowest BCUT2D eigenvalue weighted by Gasteiger charge is -2.02. The van der Waals surface area contributed by atoms with Crippen LogP contribution in [0, 0.1) is 0 Å². The quantitative estimate of drug-likeness (QED) is 0.480. The molecule has 0 aliphatic rings. The normalized spacial score (nSPS) is 10.8. The molecule has 4 rings (SSSR count). The lowest BCUT2D eigenvalue weighted by molar-refractivity contribution is 0.0949. The summed E-state index contributed by atoms with van der Waals surface area (Å²) in [6.07, 6.45) is 5.44. The predicted molar refractivity (Wildman–Crippen MR) is 112 cm³/mol. The maximum absolute atomic E-state index is 12.3. The first kappa shape index (κ1) is 19.2. The van der Waals surface area contributed by atoms with Gasteiger partial charge < -0.3 is 9.73 Å². The Labute approximate surface area is 177 Å². The number of rotatable bonds is 6. The fraction of sp³-hybridized carbons (Fsp3) is 0.0952. The average Bonchev–Trinajstić information content (AvgIpc) is 3.41. The second-order valence-corrected chi connectivity index (χ2v) is 7.07. The highest BCUT2D eigenvalue weighted by atomic mass is 35.5. The van der Waals surface area contributed by atoms with Crippen LogP contribution in [-0.2, 0) is 6.42 Å². The van der Waals surface area contributed by atoms with Gasteiger partial charge in [0.15, 0.2) is 0 Å². The first-order valence-corrected chi connectivity index (χ1v) is 9.63. The Hall–Kier alpha value is -3.09. The van der Waals surface area contributed by atoms with E-state index in [1.165, 1.54) is 0 Å². The number of nitrogens with zero attached hydrogens (tertiary/aromatic N) is 3. The molecule has 3 heterocycles. The molecule has 3 aromatic heterocycles. The number of nitrogens with one attached hydrogen (secondary N) is 1. The van der Waals surface area contributed by atoms with Gasteiger partial charge in [-0.25, -0.2) is 9.97 Å². The Morgan fingerprint density at radius 1 is 1.07 bits per heavy atom. The molecular formula is C21H16Cl2N4O2. The van der Waals surface area contributed by atoms with Gasteiger partial charge in [0.05, 0.1) is 10.0 Å². The zero-order valence-corrected chi connectivity index (χ0v) is 16.7. The van der Waals surface area contributed by atoms with Crippen LogP contribution in [0.1, 0.15) is 16.2 Å². The molecule has 0 unspecified atom stereocenters. The van der Waals surface area contributed by atoms with Crippen molar-refractivity contribution in [2.75, 3.05) is 6.54 Å². The Morgan fingerprint density at radius 2 is 1.97 bits per heavy atom. The Morgan fingerprint density at radius 3 is 2.76 bits per heavy atom. The average molecular weight is 427 g/mol. The van der Waals surface area contributed by atoms with E-state index in [-0.39, 0.29) is 5.91 Å². The summed E-state index contributed by atoms with van der Waals surface area (Å²) in [5.41, 5.74) is 1.17. The number of imidazole rings is 1. The summed E-state index contributed by atoms with van der Waals surface area (Å²) < 4.78 is 7.53. The van der Waals surface area contributed by atoms with Crippen LogP contribution >= 0.6 is 23.2 Å². The van der Waals surface area contributed by atoms with Gasteiger partial charge in [0.25, 0.3) is 5.91 Å². The summed E-state index contributed by atoms with van der Waals surface area (Å²) in [7, 11) is 0. The minimum atomic E-state index is -0.254. The Kier molecular flexibility index (Phi) is 5.64. The van der Waals surface area contributed by atoms with Crippen LogP contribution in [-0.4, -0.2) is 27.0 Å². The van der Waals surface area contributed by atoms with E-state index >= 15 is 0 Å². The first-order chi connectivity index (χ1) is 14.1. The molecule has 0 fully saturated rings. The highest BCUT2D eigenvalue weighted by molar-refractivity contribution is 6.42. The van der Waals surface area contributed by atoms with Gasteiger partial charge in [0.1, 0.15) is 29.4 Å². The molecule has 1 aromatic carbocycles. The summed E-state index contributed by atoms with van der Waals surface area (Å²) in [6, 6.07) is 14.6. The van der Waals surface area contributed by atoms with Crippen LogP contribution in [0.5, 0.6) is 0 Å². The third kappa shape index (κ3) is 4.50. The van der Waals surface area contributed by atoms with Crippen molar-refractivity contribution in [2.24, 2.45) is 0 Å². The van der Waals surface area contributed by atoms with Gasteiger partial charge in [-0.15, -0.1) is 0 Å². The van der Waals surface area contributed by atoms with E-state index in [4.69, 9.17) is 27.6 Å². The molecule has 0 aliphatic carbocycles. The summed E-state index contributed by atoms with van der Waals surface area (Å²) in [5, 5.41) is 3.81. The summed E-state index contributed by atoms with van der Waals surface area (Å²) >= 11 is 12.0. The molecule has 0 bridgehead atoms. The van der Waals surface area contributed by atoms with Crippen LogP contribution < -0.4 is 5.32 Å². The van der Waals surface area contributed by atoms with Crippen LogP contribution in [0.15, 0.2) is 71.7 Å². The van der Waals surface area contributed by atoms with Crippen molar-refractivity contribution in [1.29, 1.82) is 0 Å². The number of benzene rings is 1. The molecule has 0 atom stereocenters. The molecule has 4 aromatic rings. The van der Waals surface area contributed by atoms with Gasteiger partial charge in [0.2, 0.25) is 0 Å². The van der Waals surface area contributed by atoms with Gasteiger partial charge in [-0.1, -0.05) is 29.3 Å². The van der Waals surface area contributed by atoms with Crippen molar-refractivity contribution in [2.45, 2.75) is 6.42 Å². The van der Waals surface area contributed by atoms with E-state index in [1.807, 2.05) is 36.4 Å². The largest absolute Gasteiger partial charge is 0.461 e. The summed E-state index contributed by atoms with van der Waals surface area (Å²) in [6.45, 7) is 0.420. The van der Waals surface area contributed by atoms with Gasteiger partial charge in [0, 0.05) is 30.9 Å². The van der Waals surface area contributed by atoms with Crippen molar-refractivity contribution < 1.29 is 9.21 Å². The number of furan rings is 1. The number of aromatic nitrogens is 3. The number of pyridine rings is 1. The van der Waals surface area contributed by atoms with Crippen LogP contribution in [0.25, 0.3) is 17.1 Å². The summed E-state index contributed by atoms with van der Waals surface area (Å²) in [4.78, 5) is 20.7. The lowest BCUT2D eigenvalue weighted by Crippen LogP contribution is -2.25. The molecular weight excluding hydrogens is 411 g/mol. The van der Waals surface area contributed by atoms with E-state index < -0.39 is 0 Å². The van der Waals surface area contributed by atoms with E-state index in [0.29, 0.717) is 40.3 Å². The van der Waals surface area contributed by atoms with Crippen LogP contribution in [0.4, 0.5) is 0 Å². The fourth-order valence-corrected chi connectivity index (χ4v) is 3.08. The van der Waals surface area contributed by atoms with Gasteiger partial charge in [-0.05, 0) is 42.5 Å². The molecule has 0 radical (unpaired) electrons. The molecule has 0 aliphatic heterocycles. The maximum Gasteiger partial charge on any atom is 0.271 e. The number of carbonyl (C=O) groups excluding carboxylic acids is 1. The van der Waals surface area contributed by atoms with Crippen LogP contribution in [0.2, 0.25) is 10.0 Å². The van der Waals surface area contributed by atoms with Crippen molar-refractivity contribution in [3.63, 3.8) is 0 Å². The number of hydrogen-bond acceptors (Lipinski definition) is 4. The predicted octanol–water partition coefficient (Wildman–Crippen LogP) is 4.81. The standard InChI is InChI=1S/C21H16Cl2N4O2/c22-16-6-4-14(11-17(16)23)19-7-5-15(29-19)8-10-25-21(28)18-12-27(13-26-18)20-3-1-2-9-24-20/h1-7,9,11-13H,8,10H2,(H,25,28). The molecule has 1 amide bonds. The molecule has 0 saturated carbocycles. The zero-order chi connectivity index (χ0) is 20.2. The van der Waals surface area contributed by atoms with Crippen molar-refractivity contribution in [3.05, 3.63) is 88.8 Å². The number of hydrogen-bond donors (Lipinski definition) is 1. The third-order valence-corrected chi connectivity index (χ3v) is 4.99. The monoisotopic (exact) mass is 426 g/mol. The first-order valence-electron chi connectivity index (χ1n) is 8.88. The molecule has 146 valence electrons. The minimum Gasteiger partial charge on any atom is -0.461 e. The van der Waals surface area contributed by atoms with E-state index in [0.717, 1.165) is 11.3 Å². The molecule has 29 heavy (non-hydrogen) atoms. The van der Waals surface area contributed by atoms with Gasteiger partial charge >= 0.3 is 0 Å². The third-order valence-electron chi connectivity index (χ3n) is 4.25. The van der Waals surface area contributed by atoms with Gasteiger partial charge in [-0.3, -0.25) is 9.36 Å². The molecule has 0 saturated heterocycles. The molecule has 8 heteroatoms. The minimum absolute atomic E-state index is 0.254. The second-order valence-electron chi connectivity index (χ2n) is 6.25. The van der Waals surface area contributed by atoms with E-state index in [1.54, 1.807) is 35.4 Å². The van der Waals surface area contributed by atoms with Crippen molar-refractivity contribution in [3.8, 4) is 17.1 Å². The summed E-state index contributed by atoms with van der Waals surface area (Å²) in [5.74, 6) is 1.89. The van der Waals surface area contributed by atoms with Gasteiger partial charge in [-0.2, -0.15) is 0 Å². The topological polar surface area (TPSA) is 73.0 Å². The molecule has 6 nitrogen and oxygen atoms in total. The molecule has 0 spiro atoms. The maximum atomic E-state index is 12.3. The van der Waals surface area contributed by atoms with Crippen LogP contribution in [0.3, 0.4) is 0 Å². The second kappa shape index (κ2) is 8.51. The lowest BCUT2D eigenvalue weighted by atomic mass is 10.2. The Balaban J connectivity index is 1.34. The number of carbonyl (C=O) groups is 1. The van der Waals surface area contributed by atoms with E-state index in [2.05, 4.69) is 15.3 Å². The Bertz CT molecular complexity index is 1140. The SMILES string of the molecule is O=C(NCCc1ccc(-c2ccc(Cl)c(Cl)c2)o1)c1cn(-c2ccccn2)cn1.